The van der Waals surface area contributed by atoms with Gasteiger partial charge in [-0.2, -0.15) is 10.1 Å². The summed E-state index contributed by atoms with van der Waals surface area (Å²) in [4.78, 5) is 16.7. The minimum Gasteiger partial charge on any atom is -0.328 e. The molecule has 2 heterocycles. The normalized spacial score (nSPS) is 23.3. The summed E-state index contributed by atoms with van der Waals surface area (Å²) in [6.07, 6.45) is 2.47. The molecule has 0 saturated carbocycles. The van der Waals surface area contributed by atoms with E-state index in [1.807, 2.05) is 6.92 Å². The van der Waals surface area contributed by atoms with Crippen LogP contribution in [0.1, 0.15) is 31.4 Å². The summed E-state index contributed by atoms with van der Waals surface area (Å²) in [7, 11) is 0. The average Bonchev–Trinajstić information content (AvgIpc) is 2.91. The van der Waals surface area contributed by atoms with Gasteiger partial charge in [0.05, 0.1) is 0 Å². The van der Waals surface area contributed by atoms with Crippen LogP contribution in [0.3, 0.4) is 0 Å². The molecule has 2 atom stereocenters. The molecule has 0 amide bonds. The molecule has 0 radical (unpaired) electrons. The van der Waals surface area contributed by atoms with Crippen LogP contribution in [0, 0.1) is 17.6 Å². The molecule has 2 aliphatic rings. The highest BCUT2D eigenvalue weighted by Crippen LogP contribution is 2.41. The molecule has 1 aliphatic heterocycles. The maximum atomic E-state index is 13.7. The van der Waals surface area contributed by atoms with Gasteiger partial charge in [0.2, 0.25) is 5.95 Å². The Balaban J connectivity index is 1.93. The molecule has 1 aromatic heterocycles. The summed E-state index contributed by atoms with van der Waals surface area (Å²) >= 11 is 0. The number of nitrogens with one attached hydrogen (secondary N) is 1. The van der Waals surface area contributed by atoms with Crippen molar-refractivity contribution in [3.63, 3.8) is 0 Å². The zero-order chi connectivity index (χ0) is 16.1. The number of hydrogen-bond acceptors (Lipinski definition) is 4. The first-order valence-electron chi connectivity index (χ1n) is 7.41. The quantitative estimate of drug-likeness (QED) is 0.879. The van der Waals surface area contributed by atoms with E-state index in [1.54, 1.807) is 0 Å². The monoisotopic (exact) mass is 316 g/mol. The van der Waals surface area contributed by atoms with Crippen LogP contribution in [0.5, 0.6) is 0 Å². The lowest BCUT2D eigenvalue weighted by atomic mass is 9.81. The van der Waals surface area contributed by atoms with Crippen LogP contribution in [-0.2, 0) is 4.79 Å². The van der Waals surface area contributed by atoms with E-state index in [0.717, 1.165) is 11.8 Å². The highest BCUT2D eigenvalue weighted by molar-refractivity contribution is 5.99. The van der Waals surface area contributed by atoms with Gasteiger partial charge < -0.3 is 5.32 Å². The number of aromatic nitrogens is 3. The Morgan fingerprint density at radius 3 is 2.70 bits per heavy atom. The Bertz CT molecular complexity index is 822. The van der Waals surface area contributed by atoms with Crippen LogP contribution in [0.4, 0.5) is 14.7 Å². The lowest BCUT2D eigenvalue weighted by Gasteiger charge is -2.34. The average molecular weight is 316 g/mol. The van der Waals surface area contributed by atoms with Gasteiger partial charge in [-0.1, -0.05) is 6.92 Å². The van der Waals surface area contributed by atoms with Crippen molar-refractivity contribution in [2.75, 3.05) is 5.32 Å². The fourth-order valence-electron chi connectivity index (χ4n) is 3.39. The van der Waals surface area contributed by atoms with Crippen molar-refractivity contribution < 1.29 is 13.6 Å². The van der Waals surface area contributed by atoms with Crippen molar-refractivity contribution in [3.8, 4) is 0 Å². The predicted octanol–water partition coefficient (Wildman–Crippen LogP) is 2.82. The summed E-state index contributed by atoms with van der Waals surface area (Å²) in [5.41, 5.74) is 1.64. The summed E-state index contributed by atoms with van der Waals surface area (Å²) < 4.78 is 28.8. The van der Waals surface area contributed by atoms with Gasteiger partial charge in [0.1, 0.15) is 24.0 Å². The number of carbonyl (C=O) groups excluding carboxylic acids is 1. The summed E-state index contributed by atoms with van der Waals surface area (Å²) in [6, 6.07) is 2.63. The van der Waals surface area contributed by atoms with E-state index in [4.69, 9.17) is 0 Å². The number of carbonyl (C=O) groups is 1. The van der Waals surface area contributed by atoms with Crippen molar-refractivity contribution in [2.24, 2.45) is 5.92 Å². The number of allylic oxidation sites excluding steroid dienone is 2. The van der Waals surface area contributed by atoms with E-state index in [-0.39, 0.29) is 11.7 Å². The maximum absolute atomic E-state index is 13.7. The zero-order valence-electron chi connectivity index (χ0n) is 12.4. The van der Waals surface area contributed by atoms with Gasteiger partial charge in [-0.05, 0) is 30.0 Å². The Kier molecular flexibility index (Phi) is 3.04. The van der Waals surface area contributed by atoms with Crippen LogP contribution >= 0.6 is 0 Å². The van der Waals surface area contributed by atoms with E-state index in [1.165, 1.54) is 23.1 Å². The third-order valence-corrected chi connectivity index (χ3v) is 4.27. The van der Waals surface area contributed by atoms with Crippen molar-refractivity contribution >= 4 is 11.7 Å². The van der Waals surface area contributed by atoms with E-state index in [0.29, 0.717) is 29.9 Å². The van der Waals surface area contributed by atoms with Crippen LogP contribution in [0.15, 0.2) is 35.8 Å². The highest BCUT2D eigenvalue weighted by atomic mass is 19.1. The predicted molar refractivity (Wildman–Crippen MR) is 78.6 cm³/mol. The fraction of sp³-hybridized carbons (Fsp3) is 0.312. The molecule has 118 valence electrons. The number of fused-ring (bicyclic) bond motifs is 1. The standard InChI is InChI=1S/C16H14F2N4O/c1-8-2-12-14(13(23)3-8)15(22-16(21-12)19-7-20-22)9-4-10(17)6-11(18)5-9/h4-8,15H,2-3H2,1H3,(H,19,20,21). The molecule has 2 unspecified atom stereocenters. The lowest BCUT2D eigenvalue weighted by Crippen LogP contribution is -2.33. The van der Waals surface area contributed by atoms with E-state index in [2.05, 4.69) is 15.4 Å². The third kappa shape index (κ3) is 2.23. The lowest BCUT2D eigenvalue weighted by molar-refractivity contribution is -0.117. The van der Waals surface area contributed by atoms with Gasteiger partial charge in [0.15, 0.2) is 5.78 Å². The molecule has 23 heavy (non-hydrogen) atoms. The number of hydrogen-bond donors (Lipinski definition) is 1. The first-order chi connectivity index (χ1) is 11.0. The van der Waals surface area contributed by atoms with Gasteiger partial charge in [0.25, 0.3) is 0 Å². The van der Waals surface area contributed by atoms with Crippen molar-refractivity contribution in [2.45, 2.75) is 25.8 Å². The molecule has 0 fully saturated rings. The van der Waals surface area contributed by atoms with Crippen molar-refractivity contribution in [1.82, 2.24) is 14.8 Å². The molecule has 2 aromatic rings. The molecule has 7 heteroatoms. The minimum absolute atomic E-state index is 0.0259. The van der Waals surface area contributed by atoms with Gasteiger partial charge >= 0.3 is 0 Å². The number of benzene rings is 1. The topological polar surface area (TPSA) is 59.8 Å². The number of halogens is 2. The van der Waals surface area contributed by atoms with E-state index >= 15 is 0 Å². The molecule has 0 spiro atoms. The number of rotatable bonds is 1. The summed E-state index contributed by atoms with van der Waals surface area (Å²) in [5.74, 6) is -0.701. The molecular weight excluding hydrogens is 302 g/mol. The van der Waals surface area contributed by atoms with Crippen LogP contribution < -0.4 is 5.32 Å². The first-order valence-corrected chi connectivity index (χ1v) is 7.41. The molecule has 1 aliphatic carbocycles. The van der Waals surface area contributed by atoms with Crippen LogP contribution in [0.25, 0.3) is 0 Å². The van der Waals surface area contributed by atoms with Gasteiger partial charge in [-0.15, -0.1) is 0 Å². The molecular formula is C16H14F2N4O. The van der Waals surface area contributed by atoms with Crippen molar-refractivity contribution in [1.29, 1.82) is 0 Å². The smallest absolute Gasteiger partial charge is 0.226 e. The minimum atomic E-state index is -0.682. The van der Waals surface area contributed by atoms with Gasteiger partial charge in [0, 0.05) is 23.8 Å². The summed E-state index contributed by atoms with van der Waals surface area (Å²) in [6.45, 7) is 2.00. The Morgan fingerprint density at radius 1 is 1.22 bits per heavy atom. The van der Waals surface area contributed by atoms with E-state index < -0.39 is 17.7 Å². The number of anilines is 1. The van der Waals surface area contributed by atoms with Gasteiger partial charge in [-0.25, -0.2) is 13.5 Å². The van der Waals surface area contributed by atoms with Crippen LogP contribution in [-0.4, -0.2) is 20.5 Å². The molecule has 0 saturated heterocycles. The molecule has 0 bridgehead atoms. The largest absolute Gasteiger partial charge is 0.328 e. The number of Topliss-reactive ketones (excluding diaryl/α,β-unsaturated/α-hetero) is 1. The van der Waals surface area contributed by atoms with Crippen molar-refractivity contribution in [3.05, 3.63) is 53.0 Å². The Hall–Kier alpha value is -2.57. The molecule has 1 aromatic carbocycles. The molecule has 1 N–H and O–H groups in total. The number of ketones is 1. The maximum Gasteiger partial charge on any atom is 0.226 e. The third-order valence-electron chi connectivity index (χ3n) is 4.27. The first kappa shape index (κ1) is 14.0. The second kappa shape index (κ2) is 4.97. The zero-order valence-corrected chi connectivity index (χ0v) is 12.4. The molecule has 4 rings (SSSR count). The van der Waals surface area contributed by atoms with E-state index in [9.17, 15) is 13.6 Å². The summed E-state index contributed by atoms with van der Waals surface area (Å²) in [5, 5.41) is 7.26. The second-order valence-electron chi connectivity index (χ2n) is 6.09. The highest BCUT2D eigenvalue weighted by Gasteiger charge is 2.38. The van der Waals surface area contributed by atoms with Crippen LogP contribution in [0.2, 0.25) is 0 Å². The Labute approximate surface area is 131 Å². The Morgan fingerprint density at radius 2 is 1.96 bits per heavy atom. The fourth-order valence-corrected chi connectivity index (χ4v) is 3.39. The molecule has 5 nitrogen and oxygen atoms in total. The second-order valence-corrected chi connectivity index (χ2v) is 6.09. The van der Waals surface area contributed by atoms with Gasteiger partial charge in [-0.3, -0.25) is 4.79 Å². The number of nitrogens with zero attached hydrogens (tertiary/aromatic N) is 3. The SMILES string of the molecule is CC1CC(=O)C2=C(C1)Nc1ncnn1C2c1cc(F)cc(F)c1.